The number of halogens is 2. The van der Waals surface area contributed by atoms with E-state index in [1.165, 1.54) is 11.1 Å². The van der Waals surface area contributed by atoms with Gasteiger partial charge in [-0.3, -0.25) is 9.69 Å². The summed E-state index contributed by atoms with van der Waals surface area (Å²) >= 11 is 0. The molecule has 2 aromatic carbocycles. The summed E-state index contributed by atoms with van der Waals surface area (Å²) < 4.78 is 0. The molecule has 2 N–H and O–H groups in total. The highest BCUT2D eigenvalue weighted by Crippen LogP contribution is 2.29. The number of hydrogen-bond donors (Lipinski definition) is 1. The predicted molar refractivity (Wildman–Crippen MR) is 120 cm³/mol. The van der Waals surface area contributed by atoms with E-state index in [1.54, 1.807) is 0 Å². The van der Waals surface area contributed by atoms with Crippen molar-refractivity contribution >= 4 is 30.7 Å². The fourth-order valence-electron chi connectivity index (χ4n) is 3.60. The van der Waals surface area contributed by atoms with E-state index in [0.717, 1.165) is 26.2 Å². The van der Waals surface area contributed by atoms with Gasteiger partial charge in [-0.25, -0.2) is 0 Å². The molecule has 0 radical (unpaired) electrons. The van der Waals surface area contributed by atoms with Crippen molar-refractivity contribution in [1.82, 2.24) is 9.80 Å². The molecule has 6 heteroatoms. The van der Waals surface area contributed by atoms with E-state index in [4.69, 9.17) is 5.73 Å². The van der Waals surface area contributed by atoms with Gasteiger partial charge in [-0.05, 0) is 18.1 Å². The lowest BCUT2D eigenvalue weighted by Gasteiger charge is -2.40. The van der Waals surface area contributed by atoms with E-state index >= 15 is 0 Å². The second-order valence-corrected chi connectivity index (χ2v) is 7.23. The van der Waals surface area contributed by atoms with E-state index < -0.39 is 0 Å². The molecule has 0 aromatic heterocycles. The zero-order valence-electron chi connectivity index (χ0n) is 16.5. The molecule has 0 aliphatic carbocycles. The molecule has 2 aromatic rings. The van der Waals surface area contributed by atoms with E-state index in [-0.39, 0.29) is 48.7 Å². The Labute approximate surface area is 180 Å². The van der Waals surface area contributed by atoms with Crippen LogP contribution in [0.1, 0.15) is 31.0 Å². The molecule has 154 valence electrons. The van der Waals surface area contributed by atoms with Crippen molar-refractivity contribution in [2.75, 3.05) is 26.2 Å². The molecule has 0 saturated carbocycles. The van der Waals surface area contributed by atoms with Crippen LogP contribution >= 0.6 is 24.8 Å². The molecule has 1 aliphatic heterocycles. The third-order valence-corrected chi connectivity index (χ3v) is 5.40. The Balaban J connectivity index is 0.00000196. The number of hydrogen-bond acceptors (Lipinski definition) is 3. The van der Waals surface area contributed by atoms with E-state index in [0.29, 0.717) is 0 Å². The van der Waals surface area contributed by atoms with Gasteiger partial charge in [0, 0.05) is 32.2 Å². The Morgan fingerprint density at radius 1 is 0.821 bits per heavy atom. The summed E-state index contributed by atoms with van der Waals surface area (Å²) in [6.07, 6.45) is 0. The number of benzene rings is 2. The zero-order chi connectivity index (χ0) is 18.5. The average Bonchev–Trinajstić information content (AvgIpc) is 2.69. The van der Waals surface area contributed by atoms with Crippen molar-refractivity contribution < 1.29 is 4.79 Å². The predicted octanol–water partition coefficient (Wildman–Crippen LogP) is 3.75. The summed E-state index contributed by atoms with van der Waals surface area (Å²) in [6.45, 7) is 7.08. The maximum Gasteiger partial charge on any atom is 0.227 e. The maximum atomic E-state index is 12.6. The molecule has 4 nitrogen and oxygen atoms in total. The van der Waals surface area contributed by atoms with Gasteiger partial charge < -0.3 is 10.6 Å². The highest BCUT2D eigenvalue weighted by molar-refractivity contribution is 5.85. The molecule has 0 spiro atoms. The van der Waals surface area contributed by atoms with Crippen LogP contribution in [0.4, 0.5) is 0 Å². The normalized spacial score (nSPS) is 16.6. The van der Waals surface area contributed by atoms with Crippen LogP contribution in [0.25, 0.3) is 0 Å². The molecule has 1 heterocycles. The zero-order valence-corrected chi connectivity index (χ0v) is 18.2. The highest BCUT2D eigenvalue weighted by atomic mass is 35.5. The summed E-state index contributed by atoms with van der Waals surface area (Å²) in [4.78, 5) is 17.0. The second-order valence-electron chi connectivity index (χ2n) is 7.23. The van der Waals surface area contributed by atoms with Gasteiger partial charge in [0.25, 0.3) is 0 Å². The van der Waals surface area contributed by atoms with Crippen molar-refractivity contribution in [2.24, 2.45) is 11.7 Å². The minimum Gasteiger partial charge on any atom is -0.340 e. The SMILES string of the molecule is CC(N)C(C)C(=O)N1CCN(C(c2ccccc2)c2ccccc2)CC1.Cl.Cl. The van der Waals surface area contributed by atoms with Crippen molar-refractivity contribution in [3.8, 4) is 0 Å². The van der Waals surface area contributed by atoms with E-state index in [2.05, 4.69) is 65.6 Å². The van der Waals surface area contributed by atoms with Crippen LogP contribution in [-0.2, 0) is 4.79 Å². The van der Waals surface area contributed by atoms with E-state index in [9.17, 15) is 4.79 Å². The Hall–Kier alpha value is -1.59. The van der Waals surface area contributed by atoms with Gasteiger partial charge >= 0.3 is 0 Å². The van der Waals surface area contributed by atoms with Crippen LogP contribution in [0, 0.1) is 5.92 Å². The molecule has 1 aliphatic rings. The monoisotopic (exact) mass is 423 g/mol. The highest BCUT2D eigenvalue weighted by Gasteiger charge is 2.30. The number of carbonyl (C=O) groups is 1. The molecule has 1 saturated heterocycles. The molecule has 0 bridgehead atoms. The molecular weight excluding hydrogens is 393 g/mol. The molecule has 2 atom stereocenters. The smallest absolute Gasteiger partial charge is 0.227 e. The largest absolute Gasteiger partial charge is 0.340 e. The van der Waals surface area contributed by atoms with Gasteiger partial charge in [0.1, 0.15) is 0 Å². The van der Waals surface area contributed by atoms with Crippen LogP contribution in [0.5, 0.6) is 0 Å². The number of rotatable bonds is 5. The van der Waals surface area contributed by atoms with Gasteiger partial charge in [0.05, 0.1) is 12.0 Å². The van der Waals surface area contributed by atoms with Crippen LogP contribution < -0.4 is 5.73 Å². The molecule has 3 rings (SSSR count). The Morgan fingerprint density at radius 2 is 1.25 bits per heavy atom. The Morgan fingerprint density at radius 3 is 1.64 bits per heavy atom. The minimum atomic E-state index is -0.124. The molecular formula is C22H31Cl2N3O. The third kappa shape index (κ3) is 5.71. The molecule has 2 unspecified atom stereocenters. The minimum absolute atomic E-state index is 0. The van der Waals surface area contributed by atoms with Crippen LogP contribution in [0.2, 0.25) is 0 Å². The lowest BCUT2D eigenvalue weighted by Crippen LogP contribution is -2.52. The molecule has 1 fully saturated rings. The van der Waals surface area contributed by atoms with Crippen molar-refractivity contribution in [3.63, 3.8) is 0 Å². The number of amides is 1. The van der Waals surface area contributed by atoms with Gasteiger partial charge in [-0.2, -0.15) is 0 Å². The van der Waals surface area contributed by atoms with Crippen LogP contribution in [0.15, 0.2) is 60.7 Å². The fourth-order valence-corrected chi connectivity index (χ4v) is 3.60. The fraction of sp³-hybridized carbons (Fsp3) is 0.409. The maximum absolute atomic E-state index is 12.6. The standard InChI is InChI=1S/C22H29N3O.2ClH/c1-17(18(2)23)22(26)25-15-13-24(14-16-25)21(19-9-5-3-6-10-19)20-11-7-4-8-12-20;;/h3-12,17-18,21H,13-16,23H2,1-2H3;2*1H. The number of nitrogens with two attached hydrogens (primary N) is 1. The van der Waals surface area contributed by atoms with Gasteiger partial charge in [-0.1, -0.05) is 67.6 Å². The van der Waals surface area contributed by atoms with Gasteiger partial charge in [-0.15, -0.1) is 24.8 Å². The van der Waals surface area contributed by atoms with Gasteiger partial charge in [0.2, 0.25) is 5.91 Å². The lowest BCUT2D eigenvalue weighted by atomic mass is 9.96. The summed E-state index contributed by atoms with van der Waals surface area (Å²) in [5, 5.41) is 0. The first kappa shape index (κ1) is 24.4. The molecule has 1 amide bonds. The van der Waals surface area contributed by atoms with Crippen LogP contribution in [-0.4, -0.2) is 47.9 Å². The van der Waals surface area contributed by atoms with E-state index in [1.807, 2.05) is 18.7 Å². The van der Waals surface area contributed by atoms with Crippen molar-refractivity contribution in [2.45, 2.75) is 25.9 Å². The van der Waals surface area contributed by atoms with Crippen molar-refractivity contribution in [1.29, 1.82) is 0 Å². The average molecular weight is 424 g/mol. The number of carbonyl (C=O) groups excluding carboxylic acids is 1. The lowest BCUT2D eigenvalue weighted by molar-refractivity contribution is -0.137. The van der Waals surface area contributed by atoms with Crippen LogP contribution in [0.3, 0.4) is 0 Å². The third-order valence-electron chi connectivity index (χ3n) is 5.40. The summed E-state index contributed by atoms with van der Waals surface area (Å²) in [5.74, 6) is 0.0521. The summed E-state index contributed by atoms with van der Waals surface area (Å²) in [5.41, 5.74) is 8.50. The second kappa shape index (κ2) is 11.4. The quantitative estimate of drug-likeness (QED) is 0.796. The number of piperazine rings is 1. The first-order chi connectivity index (χ1) is 12.6. The summed E-state index contributed by atoms with van der Waals surface area (Å²) in [7, 11) is 0. The Kier molecular flexibility index (Phi) is 9.97. The summed E-state index contributed by atoms with van der Waals surface area (Å²) in [6, 6.07) is 21.3. The first-order valence-electron chi connectivity index (χ1n) is 9.46. The topological polar surface area (TPSA) is 49.6 Å². The van der Waals surface area contributed by atoms with Crippen molar-refractivity contribution in [3.05, 3.63) is 71.8 Å². The number of nitrogens with zero attached hydrogens (tertiary/aromatic N) is 2. The molecule has 28 heavy (non-hydrogen) atoms. The van der Waals surface area contributed by atoms with Gasteiger partial charge in [0.15, 0.2) is 0 Å². The first-order valence-corrected chi connectivity index (χ1v) is 9.46. The Bertz CT molecular complexity index is 665.